The third-order valence-corrected chi connectivity index (χ3v) is 7.76. The van der Waals surface area contributed by atoms with Gasteiger partial charge in [-0.1, -0.05) is 31.5 Å². The van der Waals surface area contributed by atoms with E-state index in [0.717, 1.165) is 18.1 Å². The Bertz CT molecular complexity index is 782. The summed E-state index contributed by atoms with van der Waals surface area (Å²) in [6.45, 7) is 3.30. The molecule has 0 bridgehead atoms. The van der Waals surface area contributed by atoms with Gasteiger partial charge in [0.05, 0.1) is 11.4 Å². The Hall–Kier alpha value is -1.24. The Morgan fingerprint density at radius 3 is 2.74 bits per heavy atom. The zero-order chi connectivity index (χ0) is 19.2. The lowest BCUT2D eigenvalue weighted by Gasteiger charge is -2.28. The maximum absolute atomic E-state index is 10.9. The summed E-state index contributed by atoms with van der Waals surface area (Å²) in [5.74, 6) is 1.89. The average molecular weight is 420 g/mol. The number of hydrogen-bond donors (Lipinski definition) is 1. The molecule has 0 saturated heterocycles. The van der Waals surface area contributed by atoms with Gasteiger partial charge in [0.25, 0.3) is 0 Å². The van der Waals surface area contributed by atoms with Crippen LogP contribution in [-0.2, 0) is 10.5 Å². The molecule has 1 N–H and O–H groups in total. The van der Waals surface area contributed by atoms with E-state index in [9.17, 15) is 4.79 Å². The molecule has 0 amide bonds. The predicted octanol–water partition coefficient (Wildman–Crippen LogP) is 6.00. The van der Waals surface area contributed by atoms with Crippen molar-refractivity contribution in [3.63, 3.8) is 0 Å². The highest BCUT2D eigenvalue weighted by Gasteiger charge is 2.24. The first kappa shape index (κ1) is 20.5. The van der Waals surface area contributed by atoms with Crippen LogP contribution in [-0.4, -0.2) is 35.4 Å². The molecule has 0 aromatic heterocycles. The van der Waals surface area contributed by atoms with E-state index in [0.29, 0.717) is 5.92 Å². The van der Waals surface area contributed by atoms with Crippen molar-refractivity contribution in [1.82, 2.24) is 0 Å². The molecular weight excluding hydrogens is 394 g/mol. The Balaban J connectivity index is 1.98. The number of carboxylic acid groups (broad SMARTS) is 1. The maximum Gasteiger partial charge on any atom is 0.313 e. The number of rotatable bonds is 7. The van der Waals surface area contributed by atoms with Gasteiger partial charge < -0.3 is 10.0 Å². The van der Waals surface area contributed by atoms with Crippen LogP contribution in [0.4, 0.5) is 11.4 Å². The Kier molecular flexibility index (Phi) is 7.44. The molecule has 1 unspecified atom stereocenters. The number of aliphatic carboxylic acids is 1. The van der Waals surface area contributed by atoms with Crippen LogP contribution in [0.1, 0.15) is 18.9 Å². The number of hydrogen-bond acceptors (Lipinski definition) is 5. The number of carboxylic acids is 1. The van der Waals surface area contributed by atoms with Gasteiger partial charge in [-0.15, -0.1) is 35.3 Å². The highest BCUT2D eigenvalue weighted by Crippen LogP contribution is 2.43. The van der Waals surface area contributed by atoms with Gasteiger partial charge in [-0.2, -0.15) is 0 Å². The molecule has 1 aliphatic heterocycles. The van der Waals surface area contributed by atoms with E-state index >= 15 is 0 Å². The molecule has 2 aromatic carbocycles. The van der Waals surface area contributed by atoms with Crippen LogP contribution >= 0.6 is 35.3 Å². The van der Waals surface area contributed by atoms with Gasteiger partial charge in [0, 0.05) is 33.5 Å². The number of thioether (sulfide) groups is 3. The standard InChI is InChI=1S/C21H25NO2S3/c1-3-15-11-22(17-7-5-4-6-8-17)18-10-19(25-2)16(9-20(18)27-12-15)13-26-14-21(23)24/h4-10,15H,3,11-14H2,1-2H3,(H,23,24). The summed E-state index contributed by atoms with van der Waals surface area (Å²) in [6.07, 6.45) is 3.26. The van der Waals surface area contributed by atoms with Gasteiger partial charge in [0.1, 0.15) is 0 Å². The Morgan fingerprint density at radius 2 is 2.07 bits per heavy atom. The summed E-state index contributed by atoms with van der Waals surface area (Å²) in [5, 5.41) is 8.93. The summed E-state index contributed by atoms with van der Waals surface area (Å²) >= 11 is 5.14. The van der Waals surface area contributed by atoms with Crippen molar-refractivity contribution in [3.8, 4) is 0 Å². The monoisotopic (exact) mass is 419 g/mol. The molecule has 3 nitrogen and oxygen atoms in total. The van der Waals surface area contributed by atoms with E-state index in [-0.39, 0.29) is 5.75 Å². The molecule has 144 valence electrons. The lowest BCUT2D eigenvalue weighted by Crippen LogP contribution is -2.24. The minimum Gasteiger partial charge on any atom is -0.481 e. The molecule has 0 spiro atoms. The predicted molar refractivity (Wildman–Crippen MR) is 120 cm³/mol. The van der Waals surface area contributed by atoms with Crippen molar-refractivity contribution in [2.75, 3.05) is 29.2 Å². The summed E-state index contributed by atoms with van der Waals surface area (Å²) in [5.41, 5.74) is 3.75. The molecule has 3 rings (SSSR count). The van der Waals surface area contributed by atoms with Gasteiger partial charge in [0.15, 0.2) is 0 Å². The summed E-state index contributed by atoms with van der Waals surface area (Å²) < 4.78 is 0. The molecule has 6 heteroatoms. The van der Waals surface area contributed by atoms with Gasteiger partial charge in [-0.3, -0.25) is 4.79 Å². The van der Waals surface area contributed by atoms with Crippen LogP contribution in [0.5, 0.6) is 0 Å². The first-order valence-electron chi connectivity index (χ1n) is 9.08. The van der Waals surface area contributed by atoms with Crippen LogP contribution < -0.4 is 4.90 Å². The lowest BCUT2D eigenvalue weighted by molar-refractivity contribution is -0.133. The van der Waals surface area contributed by atoms with E-state index in [1.807, 2.05) is 11.8 Å². The average Bonchev–Trinajstić information content (AvgIpc) is 2.86. The zero-order valence-electron chi connectivity index (χ0n) is 15.7. The van der Waals surface area contributed by atoms with Gasteiger partial charge in [0.2, 0.25) is 0 Å². The largest absolute Gasteiger partial charge is 0.481 e. The second-order valence-corrected chi connectivity index (χ2v) is 9.45. The number of carbonyl (C=O) groups is 1. The lowest BCUT2D eigenvalue weighted by atomic mass is 10.1. The first-order chi connectivity index (χ1) is 13.1. The van der Waals surface area contributed by atoms with Crippen LogP contribution in [0.3, 0.4) is 0 Å². The van der Waals surface area contributed by atoms with E-state index in [1.54, 1.807) is 11.8 Å². The molecule has 2 aromatic rings. The van der Waals surface area contributed by atoms with Crippen LogP contribution in [0, 0.1) is 5.92 Å². The minimum atomic E-state index is -0.754. The fraction of sp³-hybridized carbons (Fsp3) is 0.381. The molecule has 0 radical (unpaired) electrons. The maximum atomic E-state index is 10.9. The second-order valence-electron chi connectivity index (χ2n) is 6.55. The molecule has 27 heavy (non-hydrogen) atoms. The van der Waals surface area contributed by atoms with Crippen molar-refractivity contribution in [1.29, 1.82) is 0 Å². The highest BCUT2D eigenvalue weighted by atomic mass is 32.2. The minimum absolute atomic E-state index is 0.145. The van der Waals surface area contributed by atoms with Crippen molar-refractivity contribution >= 4 is 52.6 Å². The van der Waals surface area contributed by atoms with E-state index in [2.05, 4.69) is 60.5 Å². The zero-order valence-corrected chi connectivity index (χ0v) is 18.1. The van der Waals surface area contributed by atoms with E-state index in [1.165, 1.54) is 44.9 Å². The number of nitrogens with zero attached hydrogens (tertiary/aromatic N) is 1. The van der Waals surface area contributed by atoms with Crippen LogP contribution in [0.25, 0.3) is 0 Å². The third kappa shape index (κ3) is 5.18. The molecular formula is C21H25NO2S3. The van der Waals surface area contributed by atoms with E-state index in [4.69, 9.17) is 5.11 Å². The van der Waals surface area contributed by atoms with Gasteiger partial charge in [-0.25, -0.2) is 0 Å². The number of fused-ring (bicyclic) bond motifs is 1. The van der Waals surface area contributed by atoms with Crippen molar-refractivity contribution < 1.29 is 9.90 Å². The molecule has 0 aliphatic carbocycles. The fourth-order valence-electron chi connectivity index (χ4n) is 3.19. The highest BCUT2D eigenvalue weighted by molar-refractivity contribution is 8.00. The van der Waals surface area contributed by atoms with Crippen LogP contribution in [0.2, 0.25) is 0 Å². The van der Waals surface area contributed by atoms with Gasteiger partial charge >= 0.3 is 5.97 Å². The Morgan fingerprint density at radius 1 is 1.30 bits per heavy atom. The summed E-state index contributed by atoms with van der Waals surface area (Å²) in [6, 6.07) is 15.2. The summed E-state index contributed by atoms with van der Waals surface area (Å²) in [4.78, 5) is 15.9. The molecule has 1 heterocycles. The molecule has 0 fully saturated rings. The fourth-order valence-corrected chi connectivity index (χ4v) is 5.93. The molecule has 1 atom stereocenters. The van der Waals surface area contributed by atoms with Crippen molar-refractivity contribution in [3.05, 3.63) is 48.0 Å². The number of benzene rings is 2. The van der Waals surface area contributed by atoms with Crippen LogP contribution in [0.15, 0.2) is 52.3 Å². The topological polar surface area (TPSA) is 40.5 Å². The molecule has 1 aliphatic rings. The second kappa shape index (κ2) is 9.80. The number of para-hydroxylation sites is 1. The smallest absolute Gasteiger partial charge is 0.313 e. The first-order valence-corrected chi connectivity index (χ1v) is 12.4. The normalized spacial score (nSPS) is 16.7. The number of anilines is 2. The SMILES string of the molecule is CCC1CSc2cc(CSCC(=O)O)c(SC)cc2N(c2ccccc2)C1. The van der Waals surface area contributed by atoms with Crippen molar-refractivity contribution in [2.24, 2.45) is 5.92 Å². The van der Waals surface area contributed by atoms with E-state index < -0.39 is 5.97 Å². The van der Waals surface area contributed by atoms with Crippen molar-refractivity contribution in [2.45, 2.75) is 28.9 Å². The Labute approximate surface area is 174 Å². The molecule has 0 saturated carbocycles. The third-order valence-electron chi connectivity index (χ3n) is 4.70. The van der Waals surface area contributed by atoms with Gasteiger partial charge in [-0.05, 0) is 42.0 Å². The summed E-state index contributed by atoms with van der Waals surface area (Å²) in [7, 11) is 0. The quantitative estimate of drug-likeness (QED) is 0.555.